The van der Waals surface area contributed by atoms with Gasteiger partial charge in [-0.15, -0.1) is 0 Å². The van der Waals surface area contributed by atoms with Crippen molar-refractivity contribution in [1.82, 2.24) is 25.2 Å². The molecule has 9 rings (SSSR count). The van der Waals surface area contributed by atoms with Gasteiger partial charge in [0.05, 0.1) is 10.9 Å². The second-order valence-electron chi connectivity index (χ2n) is 14.5. The van der Waals surface area contributed by atoms with Crippen LogP contribution in [0.3, 0.4) is 0 Å². The van der Waals surface area contributed by atoms with Crippen LogP contribution in [0.15, 0.2) is 36.5 Å². The van der Waals surface area contributed by atoms with Gasteiger partial charge >= 0.3 is 6.01 Å². The molecule has 9 heteroatoms. The van der Waals surface area contributed by atoms with Crippen molar-refractivity contribution in [3.63, 3.8) is 0 Å². The van der Waals surface area contributed by atoms with E-state index in [1.807, 2.05) is 12.1 Å². The zero-order valence-electron chi connectivity index (χ0n) is 26.6. The van der Waals surface area contributed by atoms with E-state index in [2.05, 4.69) is 28.1 Å². The molecule has 240 valence electrons. The van der Waals surface area contributed by atoms with Crippen LogP contribution in [0.4, 0.5) is 10.2 Å². The van der Waals surface area contributed by atoms with Crippen molar-refractivity contribution in [2.45, 2.75) is 94.8 Å². The van der Waals surface area contributed by atoms with E-state index >= 15 is 4.39 Å². The van der Waals surface area contributed by atoms with Gasteiger partial charge in [0.2, 0.25) is 0 Å². The van der Waals surface area contributed by atoms with Crippen LogP contribution in [0.25, 0.3) is 32.9 Å². The Kier molecular flexibility index (Phi) is 6.86. The number of hydrogen-bond donors (Lipinski definition) is 2. The summed E-state index contributed by atoms with van der Waals surface area (Å²) in [6.45, 7) is 5.38. The molecule has 0 spiro atoms. The van der Waals surface area contributed by atoms with Crippen molar-refractivity contribution in [1.29, 1.82) is 0 Å². The Hall–Kier alpha value is -3.56. The zero-order chi connectivity index (χ0) is 31.0. The number of phenolic OH excluding ortho intramolecular Hbond substituents is 1. The predicted molar refractivity (Wildman–Crippen MR) is 178 cm³/mol. The number of phenols is 1. The summed E-state index contributed by atoms with van der Waals surface area (Å²) in [4.78, 5) is 19.6. The molecule has 8 nitrogen and oxygen atoms in total. The van der Waals surface area contributed by atoms with E-state index in [1.54, 1.807) is 18.3 Å². The van der Waals surface area contributed by atoms with Crippen LogP contribution in [0.5, 0.6) is 11.8 Å². The molecule has 1 saturated carbocycles. The maximum Gasteiger partial charge on any atom is 0.319 e. The number of halogens is 1. The van der Waals surface area contributed by atoms with Gasteiger partial charge in [-0.2, -0.15) is 9.97 Å². The standard InChI is InChI=1S/C37H43FN6O2/c1-2-22-8-5-9-23-15-27(45)16-28(31(22)23)33-32(38)34-29(18-39-33)35(43-19-25-11-12-26(20-43)40-25)42-36(41-34)46-21-37-13-6-14-44(37)30-10-4-3-7-24(30)17-37/h5,8-9,15-16,18,24-26,30,40,45H,2-4,6-7,10-14,17,19-21H2,1H3. The average molecular weight is 623 g/mol. The lowest BCUT2D eigenvalue weighted by Crippen LogP contribution is -2.51. The van der Waals surface area contributed by atoms with Crippen LogP contribution in [-0.4, -0.2) is 74.9 Å². The first-order valence-corrected chi connectivity index (χ1v) is 17.5. The number of ether oxygens (including phenoxy) is 1. The highest BCUT2D eigenvalue weighted by Gasteiger charge is 2.54. The number of anilines is 1. The molecule has 0 amide bonds. The molecule has 2 bridgehead atoms. The molecule has 46 heavy (non-hydrogen) atoms. The average Bonchev–Trinajstić information content (AvgIpc) is 3.73. The van der Waals surface area contributed by atoms with Gasteiger partial charge in [0.15, 0.2) is 5.82 Å². The first-order valence-electron chi connectivity index (χ1n) is 17.5. The molecular formula is C37H43FN6O2. The summed E-state index contributed by atoms with van der Waals surface area (Å²) < 4.78 is 23.6. The highest BCUT2D eigenvalue weighted by Crippen LogP contribution is 2.50. The largest absolute Gasteiger partial charge is 0.508 e. The Bertz CT molecular complexity index is 1820. The third-order valence-electron chi connectivity index (χ3n) is 11.9. The highest BCUT2D eigenvalue weighted by atomic mass is 19.1. The molecule has 0 radical (unpaired) electrons. The Morgan fingerprint density at radius 2 is 1.91 bits per heavy atom. The Labute approximate surface area is 269 Å². The first kappa shape index (κ1) is 28.6. The van der Waals surface area contributed by atoms with E-state index in [0.29, 0.717) is 41.5 Å². The van der Waals surface area contributed by atoms with Gasteiger partial charge in [-0.1, -0.05) is 38.0 Å². The number of nitrogens with zero attached hydrogens (tertiary/aromatic N) is 5. The Morgan fingerprint density at radius 1 is 1.07 bits per heavy atom. The van der Waals surface area contributed by atoms with E-state index in [0.717, 1.165) is 67.6 Å². The third-order valence-corrected chi connectivity index (χ3v) is 11.9. The number of hydrogen-bond acceptors (Lipinski definition) is 8. The SMILES string of the molecule is CCc1cccc2cc(O)cc(-c3ncc4c(N5CC6CCC(C5)N6)nc(OCC56CCCN5C5CCCCC5C6)nc4c3F)c12. The molecule has 5 unspecified atom stereocenters. The van der Waals surface area contributed by atoms with E-state index in [4.69, 9.17) is 19.7 Å². The summed E-state index contributed by atoms with van der Waals surface area (Å²) in [5.74, 6) is 1.03. The quantitative estimate of drug-likeness (QED) is 0.257. The van der Waals surface area contributed by atoms with Crippen LogP contribution < -0.4 is 15.0 Å². The summed E-state index contributed by atoms with van der Waals surface area (Å²) in [7, 11) is 0. The minimum atomic E-state index is -0.505. The second-order valence-corrected chi connectivity index (χ2v) is 14.5. The minimum absolute atomic E-state index is 0.0191. The predicted octanol–water partition coefficient (Wildman–Crippen LogP) is 6.37. The summed E-state index contributed by atoms with van der Waals surface area (Å²) in [6.07, 6.45) is 13.5. The van der Waals surface area contributed by atoms with Gasteiger partial charge in [-0.3, -0.25) is 9.88 Å². The number of aromatic hydroxyl groups is 1. The number of aromatic nitrogens is 3. The molecule has 6 heterocycles. The van der Waals surface area contributed by atoms with Gasteiger partial charge in [0.1, 0.15) is 29.4 Å². The Morgan fingerprint density at radius 3 is 2.76 bits per heavy atom. The fourth-order valence-corrected chi connectivity index (χ4v) is 9.89. The van der Waals surface area contributed by atoms with Gasteiger partial charge in [-0.05, 0) is 92.3 Å². The van der Waals surface area contributed by atoms with Crippen LogP contribution in [0, 0.1) is 11.7 Å². The maximum absolute atomic E-state index is 17.0. The molecule has 4 aliphatic heterocycles. The zero-order valence-corrected chi connectivity index (χ0v) is 26.6. The number of nitrogens with one attached hydrogen (secondary N) is 1. The van der Waals surface area contributed by atoms with Crippen molar-refractivity contribution in [3.05, 3.63) is 47.9 Å². The number of benzene rings is 2. The summed E-state index contributed by atoms with van der Waals surface area (Å²) in [5, 5.41) is 16.7. The fraction of sp³-hybridized carbons (Fsp3) is 0.541. The summed E-state index contributed by atoms with van der Waals surface area (Å²) in [5.41, 5.74) is 2.08. The molecule has 5 aliphatic rings. The molecule has 2 aromatic carbocycles. The smallest absolute Gasteiger partial charge is 0.319 e. The summed E-state index contributed by atoms with van der Waals surface area (Å²) in [6, 6.07) is 11.0. The van der Waals surface area contributed by atoms with E-state index in [1.165, 1.54) is 38.5 Å². The molecule has 1 aliphatic carbocycles. The van der Waals surface area contributed by atoms with Crippen LogP contribution in [0.2, 0.25) is 0 Å². The van der Waals surface area contributed by atoms with E-state index in [9.17, 15) is 5.11 Å². The molecule has 2 N–H and O–H groups in total. The topological polar surface area (TPSA) is 86.6 Å². The molecular weight excluding hydrogens is 579 g/mol. The van der Waals surface area contributed by atoms with Crippen molar-refractivity contribution in [3.8, 4) is 23.0 Å². The van der Waals surface area contributed by atoms with E-state index in [-0.39, 0.29) is 28.5 Å². The number of pyridine rings is 1. The molecule has 4 saturated heterocycles. The third kappa shape index (κ3) is 4.56. The van der Waals surface area contributed by atoms with Crippen LogP contribution in [0.1, 0.15) is 70.3 Å². The number of piperazine rings is 1. The van der Waals surface area contributed by atoms with Crippen molar-refractivity contribution in [2.24, 2.45) is 5.92 Å². The van der Waals surface area contributed by atoms with Crippen molar-refractivity contribution in [2.75, 3.05) is 31.1 Å². The van der Waals surface area contributed by atoms with Gasteiger partial charge in [-0.25, -0.2) is 4.39 Å². The number of rotatable bonds is 6. The van der Waals surface area contributed by atoms with Crippen molar-refractivity contribution >= 4 is 27.5 Å². The lowest BCUT2D eigenvalue weighted by Gasteiger charge is -2.36. The first-order chi connectivity index (χ1) is 22.5. The maximum atomic E-state index is 17.0. The monoisotopic (exact) mass is 622 g/mol. The lowest BCUT2D eigenvalue weighted by atomic mass is 9.82. The highest BCUT2D eigenvalue weighted by molar-refractivity contribution is 6.01. The van der Waals surface area contributed by atoms with E-state index < -0.39 is 5.82 Å². The second kappa shape index (κ2) is 11.0. The normalized spacial score (nSPS) is 29.0. The minimum Gasteiger partial charge on any atom is -0.508 e. The molecule has 5 atom stereocenters. The number of aryl methyl sites for hydroxylation is 1. The fourth-order valence-electron chi connectivity index (χ4n) is 9.89. The van der Waals surface area contributed by atoms with Crippen LogP contribution in [-0.2, 0) is 6.42 Å². The number of fused-ring (bicyclic) bond motifs is 7. The summed E-state index contributed by atoms with van der Waals surface area (Å²) >= 11 is 0. The molecule has 4 aromatic rings. The van der Waals surface area contributed by atoms with Gasteiger partial charge in [0.25, 0.3) is 0 Å². The lowest BCUT2D eigenvalue weighted by molar-refractivity contribution is 0.0777. The molecule has 2 aromatic heterocycles. The molecule has 5 fully saturated rings. The Balaban J connectivity index is 1.15. The van der Waals surface area contributed by atoms with Gasteiger partial charge < -0.3 is 20.1 Å². The van der Waals surface area contributed by atoms with Crippen molar-refractivity contribution < 1.29 is 14.2 Å². The van der Waals surface area contributed by atoms with Crippen LogP contribution >= 0.6 is 0 Å². The van der Waals surface area contributed by atoms with Gasteiger partial charge in [0, 0.05) is 43.0 Å².